The summed E-state index contributed by atoms with van der Waals surface area (Å²) in [7, 11) is 0. The molecule has 0 radical (unpaired) electrons. The van der Waals surface area contributed by atoms with Gasteiger partial charge in [0.1, 0.15) is 6.33 Å². The Bertz CT molecular complexity index is 5050. The van der Waals surface area contributed by atoms with Crippen molar-refractivity contribution in [2.75, 3.05) is 9.80 Å². The Morgan fingerprint density at radius 1 is 0.244 bits per heavy atom. The molecule has 382 valence electrons. The zero-order valence-electron chi connectivity index (χ0n) is 44.1. The Morgan fingerprint density at radius 3 is 1.16 bits per heavy atom. The molecule has 0 aliphatic carbocycles. The Kier molecular flexibility index (Phi) is 10.1. The second-order valence-electron chi connectivity index (χ2n) is 21.0. The predicted molar refractivity (Wildman–Crippen MR) is 335 cm³/mol. The van der Waals surface area contributed by atoms with E-state index < -0.39 is 0 Å². The van der Waals surface area contributed by atoms with Crippen LogP contribution in [-0.4, -0.2) is 29.1 Å². The lowest BCUT2D eigenvalue weighted by molar-refractivity contribution is 1.09. The monoisotopic (exact) mass is 1050 g/mol. The number of para-hydroxylation sites is 8. The summed E-state index contributed by atoms with van der Waals surface area (Å²) >= 11 is 0. The topological polar surface area (TPSA) is 67.9 Å². The van der Waals surface area contributed by atoms with Gasteiger partial charge in [-0.3, -0.25) is 0 Å². The van der Waals surface area contributed by atoms with E-state index in [2.05, 4.69) is 286 Å². The minimum Gasteiger partial charge on any atom is -0.305 e. The van der Waals surface area contributed by atoms with Crippen molar-refractivity contribution >= 4 is 77.7 Å². The van der Waals surface area contributed by atoms with Gasteiger partial charge < -0.3 is 18.9 Å². The van der Waals surface area contributed by atoms with E-state index in [1.54, 1.807) is 6.33 Å². The first-order valence-electron chi connectivity index (χ1n) is 27.7. The molecule has 82 heavy (non-hydrogen) atoms. The summed E-state index contributed by atoms with van der Waals surface area (Å²) in [5.74, 6) is 0.648. The molecule has 4 aromatic heterocycles. The van der Waals surface area contributed by atoms with Gasteiger partial charge in [-0.05, 0) is 65.7 Å². The second kappa shape index (κ2) is 18.2. The van der Waals surface area contributed by atoms with Gasteiger partial charge in [0.05, 0.1) is 90.3 Å². The summed E-state index contributed by atoms with van der Waals surface area (Å²) in [6, 6.07) is 97.2. The molecular formula is C74H46N8. The van der Waals surface area contributed by atoms with Gasteiger partial charge in [0.15, 0.2) is 5.82 Å². The van der Waals surface area contributed by atoms with Crippen LogP contribution in [-0.2, 0) is 0 Å². The van der Waals surface area contributed by atoms with E-state index in [4.69, 9.17) is 19.9 Å². The minimum absolute atomic E-state index is 0.648. The van der Waals surface area contributed by atoms with Crippen molar-refractivity contribution in [1.29, 1.82) is 0 Å². The quantitative estimate of drug-likeness (QED) is 0.151. The van der Waals surface area contributed by atoms with E-state index in [0.717, 1.165) is 118 Å². The lowest BCUT2D eigenvalue weighted by Gasteiger charge is -2.35. The normalized spacial score (nSPS) is 12.3. The molecule has 8 heteroatoms. The molecule has 0 amide bonds. The van der Waals surface area contributed by atoms with Gasteiger partial charge in [-0.15, -0.1) is 0 Å². The summed E-state index contributed by atoms with van der Waals surface area (Å²) in [6.45, 7) is 0. The highest BCUT2D eigenvalue weighted by Gasteiger charge is 2.35. The number of fused-ring (bicyclic) bond motifs is 10. The number of anilines is 6. The van der Waals surface area contributed by atoms with Gasteiger partial charge >= 0.3 is 0 Å². The number of nitrogens with zero attached hydrogens (tertiary/aromatic N) is 8. The van der Waals surface area contributed by atoms with Crippen molar-refractivity contribution in [1.82, 2.24) is 29.1 Å². The lowest BCUT2D eigenvalue weighted by Crippen LogP contribution is -2.20. The molecular weight excluding hydrogens is 1000 g/mol. The summed E-state index contributed by atoms with van der Waals surface area (Å²) in [6.07, 6.45) is 1.71. The van der Waals surface area contributed by atoms with Crippen molar-refractivity contribution < 1.29 is 0 Å². The summed E-state index contributed by atoms with van der Waals surface area (Å²) in [5.41, 5.74) is 23.1. The van der Waals surface area contributed by atoms with Gasteiger partial charge in [0.25, 0.3) is 0 Å². The van der Waals surface area contributed by atoms with Crippen LogP contribution in [0.2, 0.25) is 0 Å². The summed E-state index contributed by atoms with van der Waals surface area (Å²) in [5, 5.41) is 4.81. The first kappa shape index (κ1) is 45.8. The Hall–Kier alpha value is -11.2. The van der Waals surface area contributed by atoms with Crippen molar-refractivity contribution in [3.63, 3.8) is 0 Å². The molecule has 17 rings (SSSR count). The number of hydrogen-bond acceptors (Lipinski definition) is 6. The smallest absolute Gasteiger partial charge is 0.160 e. The van der Waals surface area contributed by atoms with E-state index in [1.165, 1.54) is 32.6 Å². The highest BCUT2D eigenvalue weighted by atomic mass is 15.2. The molecule has 0 atom stereocenters. The first-order chi connectivity index (χ1) is 40.7. The third-order valence-corrected chi connectivity index (χ3v) is 16.5. The first-order valence-corrected chi connectivity index (χ1v) is 27.7. The van der Waals surface area contributed by atoms with Crippen LogP contribution >= 0.6 is 0 Å². The van der Waals surface area contributed by atoms with Crippen LogP contribution in [0.1, 0.15) is 0 Å². The maximum Gasteiger partial charge on any atom is 0.160 e. The van der Waals surface area contributed by atoms with Crippen LogP contribution < -0.4 is 9.80 Å². The molecule has 0 saturated carbocycles. The Morgan fingerprint density at radius 2 is 0.610 bits per heavy atom. The average molecular weight is 1050 g/mol. The number of hydrogen-bond donors (Lipinski definition) is 0. The lowest BCUT2D eigenvalue weighted by atomic mass is 9.96. The summed E-state index contributed by atoms with van der Waals surface area (Å²) < 4.78 is 4.84. The molecule has 8 nitrogen and oxygen atoms in total. The molecule has 0 spiro atoms. The van der Waals surface area contributed by atoms with Gasteiger partial charge in [0, 0.05) is 49.4 Å². The molecule has 0 saturated heterocycles. The highest BCUT2D eigenvalue weighted by Crippen LogP contribution is 2.56. The fraction of sp³-hybridized carbons (Fsp3) is 0. The predicted octanol–water partition coefficient (Wildman–Crippen LogP) is 19.0. The minimum atomic E-state index is 0.648. The van der Waals surface area contributed by atoms with Crippen LogP contribution in [0.5, 0.6) is 0 Å². The molecule has 6 heterocycles. The van der Waals surface area contributed by atoms with Gasteiger partial charge in [-0.2, -0.15) is 0 Å². The average Bonchev–Trinajstić information content (AvgIpc) is 2.17. The van der Waals surface area contributed by atoms with E-state index in [0.29, 0.717) is 5.82 Å². The SMILES string of the molecule is c1ccc(-c2nc(-c3ccccc3)c(N3c4ccccc4-n4c5ccccc5c5cccc3c54)c(-c3cccc(-c4ccc(-c5ncnc(-c6ccccc6)c5N5c6ccccc6-n6c7ccccc7c7cccc5c76)cc4)c3)n2)cc1. The van der Waals surface area contributed by atoms with Gasteiger partial charge in [-0.1, -0.05) is 218 Å². The number of rotatable bonds is 8. The second-order valence-corrected chi connectivity index (χ2v) is 21.0. The molecule has 15 aromatic rings. The fourth-order valence-corrected chi connectivity index (χ4v) is 12.9. The van der Waals surface area contributed by atoms with Gasteiger partial charge in [-0.25, -0.2) is 19.9 Å². The molecule has 2 aliphatic rings. The van der Waals surface area contributed by atoms with Crippen LogP contribution in [0.25, 0.3) is 123 Å². The maximum absolute atomic E-state index is 5.66. The molecule has 0 bridgehead atoms. The van der Waals surface area contributed by atoms with Crippen LogP contribution in [0.4, 0.5) is 34.1 Å². The third-order valence-electron chi connectivity index (χ3n) is 16.5. The van der Waals surface area contributed by atoms with Crippen LogP contribution in [0.3, 0.4) is 0 Å². The van der Waals surface area contributed by atoms with E-state index in [-0.39, 0.29) is 0 Å². The fourth-order valence-electron chi connectivity index (χ4n) is 12.9. The van der Waals surface area contributed by atoms with E-state index in [9.17, 15) is 0 Å². The third kappa shape index (κ3) is 6.85. The van der Waals surface area contributed by atoms with Crippen molar-refractivity contribution in [2.45, 2.75) is 0 Å². The Balaban J connectivity index is 0.854. The molecule has 0 unspecified atom stereocenters. The maximum atomic E-state index is 5.66. The number of benzene rings is 11. The standard InChI is InChI=1S/C74H46N8/c1-4-21-48(22-5-1)66-72(81-62-37-16-14-35-60(62)79-58-33-12-10-29-54(58)56-31-19-39-64(81)70(56)79)67(76-46-75-66)50-43-41-47(42-44-50)52-27-18-28-53(45-52)69-73(68(49-23-6-2-7-24-49)77-74(78-69)51-25-8-3-9-26-51)82-63-38-17-15-36-61(63)80-59-34-13-11-30-55(59)57-32-20-40-65(82)71(57)80/h1-46H. The molecule has 0 N–H and O–H groups in total. The molecule has 0 fully saturated rings. The van der Waals surface area contributed by atoms with Crippen molar-refractivity contribution in [3.8, 4) is 78.9 Å². The highest BCUT2D eigenvalue weighted by molar-refractivity contribution is 6.19. The van der Waals surface area contributed by atoms with E-state index >= 15 is 0 Å². The van der Waals surface area contributed by atoms with Crippen molar-refractivity contribution in [3.05, 3.63) is 279 Å². The Labute approximate surface area is 472 Å². The zero-order chi connectivity index (χ0) is 53.8. The van der Waals surface area contributed by atoms with E-state index in [1.807, 2.05) is 6.07 Å². The zero-order valence-corrected chi connectivity index (χ0v) is 44.1. The van der Waals surface area contributed by atoms with Crippen LogP contribution in [0.15, 0.2) is 279 Å². The number of aromatic nitrogens is 6. The molecule has 11 aromatic carbocycles. The largest absolute Gasteiger partial charge is 0.305 e. The van der Waals surface area contributed by atoms with Crippen molar-refractivity contribution in [2.24, 2.45) is 0 Å². The van der Waals surface area contributed by atoms with Crippen LogP contribution in [0, 0.1) is 0 Å². The summed E-state index contributed by atoms with van der Waals surface area (Å²) in [4.78, 5) is 26.3. The molecule has 2 aliphatic heterocycles. The van der Waals surface area contributed by atoms with Gasteiger partial charge in [0.2, 0.25) is 0 Å².